The summed E-state index contributed by atoms with van der Waals surface area (Å²) >= 11 is 3.26. The van der Waals surface area contributed by atoms with Gasteiger partial charge >= 0.3 is 0 Å². The van der Waals surface area contributed by atoms with Crippen LogP contribution in [0.4, 0.5) is 0 Å². The monoisotopic (exact) mass is 274 g/mol. The van der Waals surface area contributed by atoms with E-state index in [2.05, 4.69) is 30.9 Å². The fraction of sp³-hybridized carbons (Fsp3) is 0. The van der Waals surface area contributed by atoms with E-state index in [4.69, 9.17) is 10.5 Å². The van der Waals surface area contributed by atoms with Crippen molar-refractivity contribution in [2.24, 2.45) is 0 Å². The Kier molecular flexibility index (Phi) is 2.63. The first kappa shape index (κ1) is 10.3. The molecular formula is C9H3BrN6. The number of nitrogens with zero attached hydrogens (tertiary/aromatic N) is 6. The predicted molar refractivity (Wildman–Crippen MR) is 56.3 cm³/mol. The van der Waals surface area contributed by atoms with Crippen molar-refractivity contribution in [1.82, 2.24) is 19.5 Å². The van der Waals surface area contributed by atoms with Gasteiger partial charge in [-0.05, 0) is 15.9 Å². The number of nitriles is 2. The Morgan fingerprint density at radius 2 is 2.06 bits per heavy atom. The number of imidazole rings is 1. The van der Waals surface area contributed by atoms with Gasteiger partial charge in [-0.2, -0.15) is 10.5 Å². The molecule has 0 saturated carbocycles. The average molecular weight is 275 g/mol. The molecule has 7 heteroatoms. The molecule has 0 aromatic carbocycles. The van der Waals surface area contributed by atoms with Gasteiger partial charge < -0.3 is 0 Å². The molecule has 16 heavy (non-hydrogen) atoms. The van der Waals surface area contributed by atoms with Gasteiger partial charge in [0.1, 0.15) is 24.8 Å². The minimum Gasteiger partial charge on any atom is -0.272 e. The Bertz CT molecular complexity index is 618. The summed E-state index contributed by atoms with van der Waals surface area (Å²) in [6.07, 6.45) is 4.28. The lowest BCUT2D eigenvalue weighted by Crippen LogP contribution is -2.01. The third-order valence-corrected chi connectivity index (χ3v) is 2.42. The van der Waals surface area contributed by atoms with Crippen LogP contribution in [-0.2, 0) is 0 Å². The largest absolute Gasteiger partial charge is 0.272 e. The first-order valence-corrected chi connectivity index (χ1v) is 4.90. The summed E-state index contributed by atoms with van der Waals surface area (Å²) in [5.74, 6) is 0.473. The zero-order chi connectivity index (χ0) is 11.5. The van der Waals surface area contributed by atoms with Crippen molar-refractivity contribution in [3.8, 4) is 18.0 Å². The zero-order valence-corrected chi connectivity index (χ0v) is 9.38. The average Bonchev–Trinajstić information content (AvgIpc) is 2.72. The van der Waals surface area contributed by atoms with Crippen molar-refractivity contribution in [3.63, 3.8) is 0 Å². The molecule has 2 rings (SSSR count). The zero-order valence-electron chi connectivity index (χ0n) is 7.79. The molecular weight excluding hydrogens is 272 g/mol. The molecule has 0 aliphatic heterocycles. The first-order chi connectivity index (χ1) is 7.77. The van der Waals surface area contributed by atoms with Gasteiger partial charge in [0, 0.05) is 6.20 Å². The molecule has 0 aliphatic carbocycles. The molecule has 76 valence electrons. The Morgan fingerprint density at radius 1 is 1.25 bits per heavy atom. The van der Waals surface area contributed by atoms with Crippen LogP contribution in [0.1, 0.15) is 11.4 Å². The fourth-order valence-electron chi connectivity index (χ4n) is 1.18. The van der Waals surface area contributed by atoms with Crippen LogP contribution in [0.5, 0.6) is 0 Å². The molecule has 0 amide bonds. The molecule has 2 aromatic heterocycles. The van der Waals surface area contributed by atoms with E-state index in [1.165, 1.54) is 17.2 Å². The second-order valence-corrected chi connectivity index (χ2v) is 3.58. The molecule has 0 fully saturated rings. The Hall–Kier alpha value is -2.25. The van der Waals surface area contributed by atoms with Crippen LogP contribution in [0.3, 0.4) is 0 Å². The van der Waals surface area contributed by atoms with Crippen molar-refractivity contribution in [2.75, 3.05) is 0 Å². The molecule has 0 bridgehead atoms. The number of rotatable bonds is 1. The molecule has 2 heterocycles. The minimum absolute atomic E-state index is 0.0769. The maximum atomic E-state index is 8.95. The number of aromatic nitrogens is 4. The first-order valence-electron chi connectivity index (χ1n) is 4.11. The van der Waals surface area contributed by atoms with Crippen LogP contribution in [0, 0.1) is 22.7 Å². The van der Waals surface area contributed by atoms with Gasteiger partial charge in [0.05, 0.1) is 4.47 Å². The van der Waals surface area contributed by atoms with Crippen molar-refractivity contribution in [2.45, 2.75) is 0 Å². The van der Waals surface area contributed by atoms with E-state index in [0.29, 0.717) is 10.3 Å². The molecule has 0 radical (unpaired) electrons. The predicted octanol–water partition coefficient (Wildman–Crippen LogP) is 1.17. The molecule has 0 atom stereocenters. The molecule has 0 N–H and O–H groups in total. The SMILES string of the molecule is N#Cc1ncn(-c2ncncc2Br)c1C#N. The Balaban J connectivity index is 2.68. The van der Waals surface area contributed by atoms with Crippen LogP contribution in [0.15, 0.2) is 23.3 Å². The highest BCUT2D eigenvalue weighted by Crippen LogP contribution is 2.19. The summed E-state index contributed by atoms with van der Waals surface area (Å²) in [7, 11) is 0. The highest BCUT2D eigenvalue weighted by atomic mass is 79.9. The van der Waals surface area contributed by atoms with Crippen molar-refractivity contribution >= 4 is 15.9 Å². The Morgan fingerprint density at radius 3 is 2.69 bits per heavy atom. The summed E-state index contributed by atoms with van der Waals surface area (Å²) in [5.41, 5.74) is 0.231. The van der Waals surface area contributed by atoms with E-state index in [9.17, 15) is 0 Å². The maximum absolute atomic E-state index is 8.95. The van der Waals surface area contributed by atoms with Crippen LogP contribution in [0.2, 0.25) is 0 Å². The van der Waals surface area contributed by atoms with E-state index in [-0.39, 0.29) is 11.4 Å². The third-order valence-electron chi connectivity index (χ3n) is 1.86. The number of hydrogen-bond acceptors (Lipinski definition) is 5. The minimum atomic E-state index is 0.0769. The standard InChI is InChI=1S/C9H3BrN6/c10-6-3-13-4-14-9(6)16-5-15-7(1-11)8(16)2-12/h3-5H. The number of halogens is 1. The normalized spacial score (nSPS) is 9.44. The molecule has 0 spiro atoms. The van der Waals surface area contributed by atoms with Gasteiger partial charge in [0.25, 0.3) is 0 Å². The lowest BCUT2D eigenvalue weighted by Gasteiger charge is -2.03. The lowest BCUT2D eigenvalue weighted by molar-refractivity contribution is 0.946. The molecule has 2 aromatic rings. The van der Waals surface area contributed by atoms with E-state index in [1.807, 2.05) is 12.1 Å². The van der Waals surface area contributed by atoms with Crippen LogP contribution >= 0.6 is 15.9 Å². The van der Waals surface area contributed by atoms with E-state index < -0.39 is 0 Å². The maximum Gasteiger partial charge on any atom is 0.177 e. The van der Waals surface area contributed by atoms with Gasteiger partial charge in [0.2, 0.25) is 0 Å². The van der Waals surface area contributed by atoms with Crippen LogP contribution in [-0.4, -0.2) is 19.5 Å². The van der Waals surface area contributed by atoms with Crippen molar-refractivity contribution in [3.05, 3.63) is 34.7 Å². The van der Waals surface area contributed by atoms with Gasteiger partial charge in [-0.15, -0.1) is 0 Å². The topological polar surface area (TPSA) is 91.2 Å². The molecule has 0 saturated heterocycles. The highest BCUT2D eigenvalue weighted by molar-refractivity contribution is 9.10. The van der Waals surface area contributed by atoms with E-state index in [1.54, 1.807) is 6.20 Å². The van der Waals surface area contributed by atoms with Gasteiger partial charge in [-0.3, -0.25) is 4.57 Å². The van der Waals surface area contributed by atoms with Gasteiger partial charge in [-0.25, -0.2) is 15.0 Å². The molecule has 0 unspecified atom stereocenters. The second kappa shape index (κ2) is 4.09. The molecule has 6 nitrogen and oxygen atoms in total. The number of hydrogen-bond donors (Lipinski definition) is 0. The summed E-state index contributed by atoms with van der Waals surface area (Å²) < 4.78 is 2.05. The quantitative estimate of drug-likeness (QED) is 0.778. The van der Waals surface area contributed by atoms with Gasteiger partial charge in [-0.1, -0.05) is 0 Å². The summed E-state index contributed by atoms with van der Waals surface area (Å²) in [5, 5.41) is 17.7. The highest BCUT2D eigenvalue weighted by Gasteiger charge is 2.14. The second-order valence-electron chi connectivity index (χ2n) is 2.73. The smallest absolute Gasteiger partial charge is 0.177 e. The van der Waals surface area contributed by atoms with E-state index >= 15 is 0 Å². The van der Waals surface area contributed by atoms with Gasteiger partial charge in [0.15, 0.2) is 17.2 Å². The molecule has 0 aliphatic rings. The van der Waals surface area contributed by atoms with Crippen LogP contribution < -0.4 is 0 Å². The van der Waals surface area contributed by atoms with E-state index in [0.717, 1.165) is 0 Å². The summed E-state index contributed by atoms with van der Waals surface area (Å²) in [6, 6.07) is 3.76. The fourth-order valence-corrected chi connectivity index (χ4v) is 1.59. The van der Waals surface area contributed by atoms with Crippen LogP contribution in [0.25, 0.3) is 5.82 Å². The third kappa shape index (κ3) is 1.53. The van der Waals surface area contributed by atoms with Crippen molar-refractivity contribution in [1.29, 1.82) is 10.5 Å². The lowest BCUT2D eigenvalue weighted by atomic mass is 10.3. The Labute approximate surface area is 98.9 Å². The summed E-state index contributed by atoms with van der Waals surface area (Å²) in [6.45, 7) is 0. The van der Waals surface area contributed by atoms with Crippen molar-refractivity contribution < 1.29 is 0 Å². The summed E-state index contributed by atoms with van der Waals surface area (Å²) in [4.78, 5) is 11.6.